The summed E-state index contributed by atoms with van der Waals surface area (Å²) in [7, 11) is 1.54. The van der Waals surface area contributed by atoms with Crippen LogP contribution in [0.1, 0.15) is 19.4 Å². The average Bonchev–Trinajstić information content (AvgIpc) is 2.28. The Morgan fingerprint density at radius 3 is 2.61 bits per heavy atom. The van der Waals surface area contributed by atoms with Gasteiger partial charge in [-0.3, -0.25) is 0 Å². The van der Waals surface area contributed by atoms with Crippen LogP contribution in [0.4, 0.5) is 0 Å². The molecule has 1 aromatic rings. The fraction of sp³-hybridized carbons (Fsp3) is 0.308. The molecule has 0 aliphatic rings. The van der Waals surface area contributed by atoms with Crippen molar-refractivity contribution in [1.29, 1.82) is 0 Å². The molecule has 0 unspecified atom stereocenters. The maximum atomic E-state index is 10.5. The molecule has 1 aromatic carbocycles. The van der Waals surface area contributed by atoms with Crippen molar-refractivity contribution in [3.05, 3.63) is 28.2 Å². The number of aliphatic carboxylic acids is 1. The molecular weight excluding hydrogens is 300 g/mol. The van der Waals surface area contributed by atoms with Gasteiger partial charge in [-0.15, -0.1) is 0 Å². The lowest BCUT2D eigenvalue weighted by atomic mass is 10.2. The molecule has 18 heavy (non-hydrogen) atoms. The van der Waals surface area contributed by atoms with Gasteiger partial charge in [0.25, 0.3) is 0 Å². The van der Waals surface area contributed by atoms with Crippen LogP contribution in [0.3, 0.4) is 0 Å². The molecule has 0 spiro atoms. The fourth-order valence-corrected chi connectivity index (χ4v) is 1.91. The van der Waals surface area contributed by atoms with Gasteiger partial charge < -0.3 is 14.6 Å². The first-order valence-electron chi connectivity index (χ1n) is 5.39. The van der Waals surface area contributed by atoms with Gasteiger partial charge in [-0.2, -0.15) is 0 Å². The number of hydrogen-bond acceptors (Lipinski definition) is 3. The summed E-state index contributed by atoms with van der Waals surface area (Å²) >= 11 is 3.39. The molecular formula is C13H15BrO4. The number of methoxy groups -OCH3 is 1. The van der Waals surface area contributed by atoms with Crippen LogP contribution in [-0.2, 0) is 4.79 Å². The molecule has 0 atom stereocenters. The Hall–Kier alpha value is -1.49. The van der Waals surface area contributed by atoms with Gasteiger partial charge in [0.1, 0.15) is 0 Å². The van der Waals surface area contributed by atoms with Crippen LogP contribution in [0.15, 0.2) is 22.7 Å². The van der Waals surface area contributed by atoms with Crippen LogP contribution in [-0.4, -0.2) is 24.3 Å². The van der Waals surface area contributed by atoms with Gasteiger partial charge in [-0.25, -0.2) is 4.79 Å². The van der Waals surface area contributed by atoms with Crippen molar-refractivity contribution in [3.63, 3.8) is 0 Å². The normalized spacial score (nSPS) is 10.9. The highest BCUT2D eigenvalue weighted by atomic mass is 79.9. The maximum Gasteiger partial charge on any atom is 0.328 e. The van der Waals surface area contributed by atoms with Crippen molar-refractivity contribution in [1.82, 2.24) is 0 Å². The molecule has 0 aromatic heterocycles. The predicted molar refractivity (Wildman–Crippen MR) is 73.1 cm³/mol. The van der Waals surface area contributed by atoms with E-state index >= 15 is 0 Å². The smallest absolute Gasteiger partial charge is 0.328 e. The van der Waals surface area contributed by atoms with Crippen LogP contribution in [0.2, 0.25) is 0 Å². The van der Waals surface area contributed by atoms with Crippen LogP contribution < -0.4 is 9.47 Å². The van der Waals surface area contributed by atoms with Gasteiger partial charge in [0, 0.05) is 6.08 Å². The van der Waals surface area contributed by atoms with Crippen LogP contribution >= 0.6 is 15.9 Å². The molecule has 1 N–H and O–H groups in total. The predicted octanol–water partition coefficient (Wildman–Crippen LogP) is 3.34. The van der Waals surface area contributed by atoms with E-state index in [1.165, 1.54) is 6.08 Å². The highest BCUT2D eigenvalue weighted by molar-refractivity contribution is 9.10. The van der Waals surface area contributed by atoms with Gasteiger partial charge in [0.15, 0.2) is 11.5 Å². The zero-order valence-corrected chi connectivity index (χ0v) is 12.0. The Morgan fingerprint density at radius 2 is 2.11 bits per heavy atom. The van der Waals surface area contributed by atoms with E-state index in [1.807, 2.05) is 13.8 Å². The van der Waals surface area contributed by atoms with Gasteiger partial charge >= 0.3 is 5.97 Å². The monoisotopic (exact) mass is 314 g/mol. The summed E-state index contributed by atoms with van der Waals surface area (Å²) in [4.78, 5) is 10.5. The van der Waals surface area contributed by atoms with E-state index in [0.29, 0.717) is 11.5 Å². The maximum absolute atomic E-state index is 10.5. The molecule has 0 radical (unpaired) electrons. The topological polar surface area (TPSA) is 55.8 Å². The third kappa shape index (κ3) is 4.07. The number of ether oxygens (including phenoxy) is 2. The summed E-state index contributed by atoms with van der Waals surface area (Å²) in [5.74, 6) is 0.177. The van der Waals surface area contributed by atoms with Crippen molar-refractivity contribution < 1.29 is 19.4 Å². The average molecular weight is 315 g/mol. The van der Waals surface area contributed by atoms with E-state index < -0.39 is 5.97 Å². The molecule has 98 valence electrons. The summed E-state index contributed by atoms with van der Waals surface area (Å²) in [6.07, 6.45) is 2.59. The Morgan fingerprint density at radius 1 is 1.44 bits per heavy atom. The first-order chi connectivity index (χ1) is 8.43. The second-order valence-corrected chi connectivity index (χ2v) is 4.73. The number of carboxylic acid groups (broad SMARTS) is 1. The van der Waals surface area contributed by atoms with E-state index in [2.05, 4.69) is 15.9 Å². The number of carbonyl (C=O) groups is 1. The molecule has 0 heterocycles. The molecule has 0 aliphatic heterocycles. The molecule has 0 saturated heterocycles. The molecule has 0 amide bonds. The summed E-state index contributed by atoms with van der Waals surface area (Å²) in [6, 6.07) is 3.50. The molecule has 0 aliphatic carbocycles. The number of halogens is 1. The summed E-state index contributed by atoms with van der Waals surface area (Å²) in [5, 5.41) is 8.59. The van der Waals surface area contributed by atoms with Crippen molar-refractivity contribution in [2.24, 2.45) is 0 Å². The number of carboxylic acids is 1. The molecule has 0 saturated carbocycles. The van der Waals surface area contributed by atoms with Gasteiger partial charge in [0.2, 0.25) is 0 Å². The highest BCUT2D eigenvalue weighted by Gasteiger charge is 2.12. The summed E-state index contributed by atoms with van der Waals surface area (Å²) in [6.45, 7) is 3.84. The first-order valence-corrected chi connectivity index (χ1v) is 6.18. The fourth-order valence-electron chi connectivity index (χ4n) is 1.35. The Balaban J connectivity index is 3.14. The van der Waals surface area contributed by atoms with E-state index in [0.717, 1.165) is 16.1 Å². The van der Waals surface area contributed by atoms with Crippen LogP contribution in [0, 0.1) is 0 Å². The second-order valence-electron chi connectivity index (χ2n) is 3.87. The Bertz CT molecular complexity index is 466. The number of benzene rings is 1. The molecule has 1 rings (SSSR count). The second kappa shape index (κ2) is 6.44. The third-order valence-corrected chi connectivity index (χ3v) is 2.61. The minimum absolute atomic E-state index is 0.0237. The number of hydrogen-bond donors (Lipinski definition) is 1. The lowest BCUT2D eigenvalue weighted by Crippen LogP contribution is -2.07. The quantitative estimate of drug-likeness (QED) is 0.847. The van der Waals surface area contributed by atoms with Gasteiger partial charge in [-0.05, 0) is 53.5 Å². The van der Waals surface area contributed by atoms with E-state index in [9.17, 15) is 4.79 Å². The van der Waals surface area contributed by atoms with Crippen molar-refractivity contribution >= 4 is 28.0 Å². The van der Waals surface area contributed by atoms with Crippen molar-refractivity contribution in [2.75, 3.05) is 7.11 Å². The van der Waals surface area contributed by atoms with Crippen molar-refractivity contribution in [3.8, 4) is 11.5 Å². The van der Waals surface area contributed by atoms with Gasteiger partial charge in [0.05, 0.1) is 17.7 Å². The lowest BCUT2D eigenvalue weighted by molar-refractivity contribution is -0.131. The minimum atomic E-state index is -0.993. The molecule has 4 nitrogen and oxygen atoms in total. The largest absolute Gasteiger partial charge is 0.493 e. The minimum Gasteiger partial charge on any atom is -0.493 e. The SMILES string of the molecule is COc1cc(/C=C/C(=O)O)cc(Br)c1OC(C)C. The molecule has 0 fully saturated rings. The molecule has 5 heteroatoms. The van der Waals surface area contributed by atoms with Crippen LogP contribution in [0.25, 0.3) is 6.08 Å². The Kier molecular flexibility index (Phi) is 5.22. The first kappa shape index (κ1) is 14.6. The molecule has 0 bridgehead atoms. The standard InChI is InChI=1S/C13H15BrO4/c1-8(2)18-13-10(14)6-9(4-5-12(15)16)7-11(13)17-3/h4-8H,1-3H3,(H,15,16)/b5-4+. The van der Waals surface area contributed by atoms with Gasteiger partial charge in [-0.1, -0.05) is 0 Å². The number of rotatable bonds is 5. The van der Waals surface area contributed by atoms with E-state index in [4.69, 9.17) is 14.6 Å². The third-order valence-electron chi connectivity index (χ3n) is 2.02. The van der Waals surface area contributed by atoms with E-state index in [-0.39, 0.29) is 6.10 Å². The summed E-state index contributed by atoms with van der Waals surface area (Å²) < 4.78 is 11.6. The summed E-state index contributed by atoms with van der Waals surface area (Å²) in [5.41, 5.74) is 0.720. The highest BCUT2D eigenvalue weighted by Crippen LogP contribution is 2.37. The lowest BCUT2D eigenvalue weighted by Gasteiger charge is -2.15. The zero-order valence-electron chi connectivity index (χ0n) is 10.4. The van der Waals surface area contributed by atoms with Crippen molar-refractivity contribution in [2.45, 2.75) is 20.0 Å². The zero-order chi connectivity index (χ0) is 13.7. The van der Waals surface area contributed by atoms with E-state index in [1.54, 1.807) is 19.2 Å². The van der Waals surface area contributed by atoms with Crippen LogP contribution in [0.5, 0.6) is 11.5 Å². The Labute approximate surface area is 114 Å².